The van der Waals surface area contributed by atoms with Gasteiger partial charge in [0.25, 0.3) is 5.91 Å². The third-order valence-electron chi connectivity index (χ3n) is 4.34. The van der Waals surface area contributed by atoms with E-state index in [-0.39, 0.29) is 11.6 Å². The summed E-state index contributed by atoms with van der Waals surface area (Å²) >= 11 is 0. The third-order valence-corrected chi connectivity index (χ3v) is 4.34. The van der Waals surface area contributed by atoms with Gasteiger partial charge in [0.2, 0.25) is 0 Å². The zero-order chi connectivity index (χ0) is 18.2. The lowest BCUT2D eigenvalue weighted by molar-refractivity contribution is -0.123. The molecule has 136 valence electrons. The molecule has 25 heavy (non-hydrogen) atoms. The summed E-state index contributed by atoms with van der Waals surface area (Å²) in [7, 11) is 1.44. The van der Waals surface area contributed by atoms with E-state index in [2.05, 4.69) is 17.6 Å². The predicted octanol–water partition coefficient (Wildman–Crippen LogP) is 2.26. The number of carbonyl (C=O) groups is 3. The maximum atomic E-state index is 12.0. The lowest BCUT2D eigenvalue weighted by atomic mass is 9.86. The number of nitrogens with one attached hydrogen (secondary N) is 2. The van der Waals surface area contributed by atoms with E-state index in [1.165, 1.54) is 19.6 Å². The van der Waals surface area contributed by atoms with Gasteiger partial charge in [-0.1, -0.05) is 31.9 Å². The van der Waals surface area contributed by atoms with Gasteiger partial charge in [0.1, 0.15) is 11.3 Å². The topological polar surface area (TPSA) is 93.7 Å². The fraction of sp³-hybridized carbons (Fsp3) is 0.500. The summed E-state index contributed by atoms with van der Waals surface area (Å²) in [4.78, 5) is 35.7. The molecule has 0 saturated heterocycles. The van der Waals surface area contributed by atoms with Gasteiger partial charge < -0.3 is 14.8 Å². The average Bonchev–Trinajstić information content (AvgIpc) is 2.61. The number of amides is 3. The van der Waals surface area contributed by atoms with Gasteiger partial charge in [-0.05, 0) is 30.9 Å². The molecule has 0 heterocycles. The van der Waals surface area contributed by atoms with E-state index < -0.39 is 24.5 Å². The summed E-state index contributed by atoms with van der Waals surface area (Å²) in [5, 5.41) is 4.99. The normalized spacial score (nSPS) is 19.6. The molecule has 3 amide bonds. The van der Waals surface area contributed by atoms with Crippen LogP contribution in [0.5, 0.6) is 5.75 Å². The standard InChI is InChI=1S/C18H24N2O5/c1-12-7-3-5-9-14(12)19-18(23)20-16(21)11-25-17(22)13-8-4-6-10-15(13)24-2/h4,6,8,10,12,14H,3,5,7,9,11H2,1-2H3,(H2,19,20,21,23)/t12-,14-/m0/s1. The van der Waals surface area contributed by atoms with Crippen molar-refractivity contribution in [2.75, 3.05) is 13.7 Å². The van der Waals surface area contributed by atoms with Gasteiger partial charge in [0, 0.05) is 6.04 Å². The zero-order valence-corrected chi connectivity index (χ0v) is 14.5. The smallest absolute Gasteiger partial charge is 0.342 e. The number of benzene rings is 1. The summed E-state index contributed by atoms with van der Waals surface area (Å²) in [5.41, 5.74) is 0.221. The second-order valence-corrected chi connectivity index (χ2v) is 6.17. The van der Waals surface area contributed by atoms with Crippen LogP contribution in [0.25, 0.3) is 0 Å². The molecule has 2 N–H and O–H groups in total. The van der Waals surface area contributed by atoms with Gasteiger partial charge in [-0.25, -0.2) is 9.59 Å². The van der Waals surface area contributed by atoms with E-state index in [0.717, 1.165) is 19.3 Å². The SMILES string of the molecule is COc1ccccc1C(=O)OCC(=O)NC(=O)N[C@H]1CCCC[C@@H]1C. The summed E-state index contributed by atoms with van der Waals surface area (Å²) in [6, 6.07) is 6.05. The maximum absolute atomic E-state index is 12.0. The molecule has 0 unspecified atom stereocenters. The average molecular weight is 348 g/mol. The van der Waals surface area contributed by atoms with E-state index in [9.17, 15) is 14.4 Å². The third kappa shape index (κ3) is 5.48. The molecular weight excluding hydrogens is 324 g/mol. The molecule has 1 fully saturated rings. The Kier molecular flexibility index (Phi) is 6.80. The van der Waals surface area contributed by atoms with Crippen LogP contribution in [0, 0.1) is 5.92 Å². The molecule has 0 spiro atoms. The molecule has 1 aromatic carbocycles. The number of hydrogen-bond acceptors (Lipinski definition) is 5. The number of methoxy groups -OCH3 is 1. The number of para-hydroxylation sites is 1. The van der Waals surface area contributed by atoms with Gasteiger partial charge in [-0.3, -0.25) is 10.1 Å². The van der Waals surface area contributed by atoms with Crippen LogP contribution < -0.4 is 15.4 Å². The molecule has 0 radical (unpaired) electrons. The summed E-state index contributed by atoms with van der Waals surface area (Å²) in [6.07, 6.45) is 4.21. The van der Waals surface area contributed by atoms with E-state index in [4.69, 9.17) is 9.47 Å². The fourth-order valence-corrected chi connectivity index (χ4v) is 2.92. The lowest BCUT2D eigenvalue weighted by Crippen LogP contribution is -2.48. The number of imide groups is 1. The Balaban J connectivity index is 1.78. The second-order valence-electron chi connectivity index (χ2n) is 6.17. The van der Waals surface area contributed by atoms with Crippen molar-refractivity contribution in [2.24, 2.45) is 5.92 Å². The monoisotopic (exact) mass is 348 g/mol. The largest absolute Gasteiger partial charge is 0.496 e. The van der Waals surface area contributed by atoms with E-state index in [1.54, 1.807) is 18.2 Å². The molecular formula is C18H24N2O5. The highest BCUT2D eigenvalue weighted by atomic mass is 16.5. The lowest BCUT2D eigenvalue weighted by Gasteiger charge is -2.29. The van der Waals surface area contributed by atoms with Crippen LogP contribution in [0.15, 0.2) is 24.3 Å². The van der Waals surface area contributed by atoms with Crippen LogP contribution in [0.3, 0.4) is 0 Å². The molecule has 0 aromatic heterocycles. The number of esters is 1. The van der Waals surface area contributed by atoms with Crippen LogP contribution in [0.1, 0.15) is 43.0 Å². The number of hydrogen-bond donors (Lipinski definition) is 2. The maximum Gasteiger partial charge on any atom is 0.342 e. The predicted molar refractivity (Wildman–Crippen MR) is 91.4 cm³/mol. The first kappa shape index (κ1) is 18.8. The van der Waals surface area contributed by atoms with Crippen molar-refractivity contribution in [1.82, 2.24) is 10.6 Å². The number of urea groups is 1. The summed E-state index contributed by atoms with van der Waals surface area (Å²) < 4.78 is 10.0. The molecule has 1 saturated carbocycles. The quantitative estimate of drug-likeness (QED) is 0.796. The van der Waals surface area contributed by atoms with Crippen molar-refractivity contribution in [2.45, 2.75) is 38.6 Å². The Labute approximate surface area is 147 Å². The minimum atomic E-state index is -0.686. The summed E-state index contributed by atoms with van der Waals surface area (Å²) in [6.45, 7) is 1.55. The summed E-state index contributed by atoms with van der Waals surface area (Å²) in [5.74, 6) is -0.618. The molecule has 0 aliphatic heterocycles. The van der Waals surface area contributed by atoms with E-state index in [1.807, 2.05) is 0 Å². The molecule has 1 aliphatic rings. The van der Waals surface area contributed by atoms with Crippen molar-refractivity contribution in [1.29, 1.82) is 0 Å². The fourth-order valence-electron chi connectivity index (χ4n) is 2.92. The first-order valence-electron chi connectivity index (χ1n) is 8.41. The van der Waals surface area contributed by atoms with Crippen LogP contribution in [0.4, 0.5) is 4.79 Å². The highest BCUT2D eigenvalue weighted by Crippen LogP contribution is 2.23. The number of rotatable bonds is 5. The van der Waals surface area contributed by atoms with Crippen molar-refractivity contribution in [3.05, 3.63) is 29.8 Å². The zero-order valence-electron chi connectivity index (χ0n) is 14.5. The second kappa shape index (κ2) is 9.05. The minimum Gasteiger partial charge on any atom is -0.496 e. The highest BCUT2D eigenvalue weighted by molar-refractivity contribution is 5.97. The Morgan fingerprint density at radius 1 is 1.16 bits per heavy atom. The van der Waals surface area contributed by atoms with Gasteiger partial charge in [0.15, 0.2) is 6.61 Å². The van der Waals surface area contributed by atoms with Crippen LogP contribution in [0.2, 0.25) is 0 Å². The van der Waals surface area contributed by atoms with Crippen molar-refractivity contribution in [3.8, 4) is 5.75 Å². The Bertz CT molecular complexity index is 632. The van der Waals surface area contributed by atoms with Gasteiger partial charge >= 0.3 is 12.0 Å². The van der Waals surface area contributed by atoms with Crippen LogP contribution in [-0.2, 0) is 9.53 Å². The Morgan fingerprint density at radius 3 is 2.60 bits per heavy atom. The molecule has 1 aromatic rings. The molecule has 2 rings (SSSR count). The van der Waals surface area contributed by atoms with Crippen LogP contribution in [-0.4, -0.2) is 37.7 Å². The highest BCUT2D eigenvalue weighted by Gasteiger charge is 2.23. The van der Waals surface area contributed by atoms with E-state index >= 15 is 0 Å². The molecule has 7 nitrogen and oxygen atoms in total. The van der Waals surface area contributed by atoms with Gasteiger partial charge in [-0.2, -0.15) is 0 Å². The van der Waals surface area contributed by atoms with E-state index in [0.29, 0.717) is 11.7 Å². The molecule has 1 aliphatic carbocycles. The number of carbonyl (C=O) groups excluding carboxylic acids is 3. The minimum absolute atomic E-state index is 0.0673. The first-order valence-corrected chi connectivity index (χ1v) is 8.41. The van der Waals surface area contributed by atoms with Crippen LogP contribution >= 0.6 is 0 Å². The Hall–Kier alpha value is -2.57. The van der Waals surface area contributed by atoms with Gasteiger partial charge in [-0.15, -0.1) is 0 Å². The molecule has 2 atom stereocenters. The van der Waals surface area contributed by atoms with Crippen molar-refractivity contribution < 1.29 is 23.9 Å². The first-order chi connectivity index (χ1) is 12.0. The molecule has 7 heteroatoms. The van der Waals surface area contributed by atoms with Gasteiger partial charge in [0.05, 0.1) is 7.11 Å². The number of ether oxygens (including phenoxy) is 2. The van der Waals surface area contributed by atoms with Crippen molar-refractivity contribution in [3.63, 3.8) is 0 Å². The van der Waals surface area contributed by atoms with Crippen molar-refractivity contribution >= 4 is 17.9 Å². The Morgan fingerprint density at radius 2 is 1.88 bits per heavy atom. The molecule has 0 bridgehead atoms.